The molecule has 0 unspecified atom stereocenters. The van der Waals surface area contributed by atoms with Crippen molar-refractivity contribution in [3.63, 3.8) is 0 Å². The molecule has 154 valence electrons. The summed E-state index contributed by atoms with van der Waals surface area (Å²) in [4.78, 5) is 34.2. The van der Waals surface area contributed by atoms with Gasteiger partial charge in [0.1, 0.15) is 11.1 Å². The number of halogens is 1. The van der Waals surface area contributed by atoms with Gasteiger partial charge in [0.05, 0.1) is 12.6 Å². The molecular formula is C20H25ClN6O2. The first-order valence-corrected chi connectivity index (χ1v) is 9.83. The van der Waals surface area contributed by atoms with E-state index in [1.165, 1.54) is 6.20 Å². The lowest BCUT2D eigenvalue weighted by atomic mass is 10.0. The summed E-state index contributed by atoms with van der Waals surface area (Å²) in [6.07, 6.45) is 2.65. The fourth-order valence-electron chi connectivity index (χ4n) is 3.19. The second-order valence-corrected chi connectivity index (χ2v) is 7.92. The van der Waals surface area contributed by atoms with Gasteiger partial charge in [0.15, 0.2) is 5.82 Å². The lowest BCUT2D eigenvalue weighted by Gasteiger charge is -2.20. The van der Waals surface area contributed by atoms with Gasteiger partial charge in [-0.15, -0.1) is 0 Å². The van der Waals surface area contributed by atoms with Crippen molar-refractivity contribution in [2.45, 2.75) is 32.7 Å². The van der Waals surface area contributed by atoms with Crippen LogP contribution in [0.4, 0.5) is 17.5 Å². The van der Waals surface area contributed by atoms with Gasteiger partial charge in [-0.3, -0.25) is 9.59 Å². The number of anilines is 3. The van der Waals surface area contributed by atoms with Gasteiger partial charge in [0.25, 0.3) is 0 Å². The molecule has 0 bridgehead atoms. The van der Waals surface area contributed by atoms with Crippen LogP contribution in [-0.2, 0) is 22.4 Å². The molecule has 0 radical (unpaired) electrons. The van der Waals surface area contributed by atoms with Crippen molar-refractivity contribution in [3.8, 4) is 0 Å². The first kappa shape index (κ1) is 20.9. The van der Waals surface area contributed by atoms with Crippen LogP contribution in [0.2, 0.25) is 5.02 Å². The van der Waals surface area contributed by atoms with Gasteiger partial charge in [-0.1, -0.05) is 31.5 Å². The highest BCUT2D eigenvalue weighted by Gasteiger charge is 2.22. The lowest BCUT2D eigenvalue weighted by Crippen LogP contribution is -2.39. The second-order valence-electron chi connectivity index (χ2n) is 7.51. The first-order valence-electron chi connectivity index (χ1n) is 9.45. The Morgan fingerprint density at radius 1 is 1.31 bits per heavy atom. The fourth-order valence-corrected chi connectivity index (χ4v) is 3.34. The zero-order valence-corrected chi connectivity index (χ0v) is 17.5. The molecule has 2 heterocycles. The molecule has 1 aromatic heterocycles. The Labute approximate surface area is 174 Å². The number of benzene rings is 1. The highest BCUT2D eigenvalue weighted by Crippen LogP contribution is 2.25. The minimum absolute atomic E-state index is 0.0322. The molecule has 1 aliphatic heterocycles. The monoisotopic (exact) mass is 416 g/mol. The molecule has 2 aromatic rings. The van der Waals surface area contributed by atoms with Crippen molar-refractivity contribution in [2.24, 2.45) is 11.7 Å². The summed E-state index contributed by atoms with van der Waals surface area (Å²) in [5, 5.41) is 6.42. The molecule has 29 heavy (non-hydrogen) atoms. The Bertz CT molecular complexity index is 933. The van der Waals surface area contributed by atoms with Gasteiger partial charge in [0.2, 0.25) is 17.8 Å². The Morgan fingerprint density at radius 3 is 2.76 bits per heavy atom. The number of hydrogen-bond acceptors (Lipinski definition) is 6. The van der Waals surface area contributed by atoms with Crippen LogP contribution in [0.25, 0.3) is 0 Å². The molecule has 8 nitrogen and oxygen atoms in total. The van der Waals surface area contributed by atoms with Crippen molar-refractivity contribution in [1.82, 2.24) is 14.9 Å². The topological polar surface area (TPSA) is 113 Å². The quantitative estimate of drug-likeness (QED) is 0.666. The predicted octanol–water partition coefficient (Wildman–Crippen LogP) is 2.35. The number of amides is 2. The Kier molecular flexibility index (Phi) is 6.22. The van der Waals surface area contributed by atoms with E-state index in [4.69, 9.17) is 17.3 Å². The third-order valence-corrected chi connectivity index (χ3v) is 5.23. The van der Waals surface area contributed by atoms with Crippen molar-refractivity contribution in [1.29, 1.82) is 0 Å². The molecule has 0 fully saturated rings. The molecular weight excluding hydrogens is 392 g/mol. The number of nitrogens with zero attached hydrogens (tertiary/aromatic N) is 3. The molecule has 3 rings (SSSR count). The molecule has 1 aliphatic rings. The van der Waals surface area contributed by atoms with Crippen molar-refractivity contribution < 1.29 is 9.59 Å². The Hall–Kier alpha value is -2.87. The van der Waals surface area contributed by atoms with Crippen LogP contribution in [0, 0.1) is 5.92 Å². The third kappa shape index (κ3) is 4.95. The van der Waals surface area contributed by atoms with E-state index in [0.29, 0.717) is 24.7 Å². The molecule has 1 aromatic carbocycles. The summed E-state index contributed by atoms with van der Waals surface area (Å²) >= 11 is 6.19. The van der Waals surface area contributed by atoms with Crippen LogP contribution in [0.3, 0.4) is 0 Å². The van der Waals surface area contributed by atoms with Crippen LogP contribution in [-0.4, -0.2) is 46.3 Å². The summed E-state index contributed by atoms with van der Waals surface area (Å²) in [5.41, 5.74) is 8.38. The smallest absolute Gasteiger partial charge is 0.240 e. The summed E-state index contributed by atoms with van der Waals surface area (Å²) in [5.74, 6) is 0.232. The summed E-state index contributed by atoms with van der Waals surface area (Å²) in [6, 6.07) is 5.28. The van der Waals surface area contributed by atoms with Crippen molar-refractivity contribution in [3.05, 3.63) is 40.5 Å². The van der Waals surface area contributed by atoms with Gasteiger partial charge < -0.3 is 21.3 Å². The number of hydrogen-bond donors (Lipinski definition) is 3. The van der Waals surface area contributed by atoms with Crippen molar-refractivity contribution >= 4 is 40.9 Å². The van der Waals surface area contributed by atoms with E-state index < -0.39 is 11.9 Å². The third-order valence-electron chi connectivity index (χ3n) is 4.96. The number of nitrogens with two attached hydrogens (primary N) is 1. The van der Waals surface area contributed by atoms with Crippen LogP contribution >= 0.6 is 11.6 Å². The first-order chi connectivity index (χ1) is 13.7. The number of carbonyl (C=O) groups is 2. The number of fused-ring (bicyclic) bond motifs is 1. The van der Waals surface area contributed by atoms with Gasteiger partial charge in [-0.2, -0.15) is 4.98 Å². The lowest BCUT2D eigenvalue weighted by molar-refractivity contribution is -0.128. The standard InChI is InChI=1S/C20H25ClN6O2/c1-11(2)17(18(22)29)25-19-15(21)10-23-20(26-19)24-14-5-4-12-6-7-27(3)16(28)9-13(12)8-14/h4-5,8,10-11,17H,6-7,9H2,1-3H3,(H2,22,29)(H2,23,24,25,26)/t17-/m0/s1. The normalized spacial score (nSPS) is 14.9. The van der Waals surface area contributed by atoms with E-state index in [1.54, 1.807) is 4.90 Å². The number of rotatable bonds is 6. The maximum Gasteiger partial charge on any atom is 0.240 e. The van der Waals surface area contributed by atoms with Gasteiger partial charge >= 0.3 is 0 Å². The van der Waals surface area contributed by atoms with Crippen LogP contribution in [0.1, 0.15) is 25.0 Å². The van der Waals surface area contributed by atoms with Crippen LogP contribution < -0.4 is 16.4 Å². The average Bonchev–Trinajstić information content (AvgIpc) is 2.80. The summed E-state index contributed by atoms with van der Waals surface area (Å²) in [7, 11) is 1.82. The van der Waals surface area contributed by atoms with E-state index >= 15 is 0 Å². The highest BCUT2D eigenvalue weighted by atomic mass is 35.5. The second kappa shape index (κ2) is 8.65. The van der Waals surface area contributed by atoms with Crippen molar-refractivity contribution in [2.75, 3.05) is 24.2 Å². The molecule has 2 amide bonds. The zero-order chi connectivity index (χ0) is 21.1. The predicted molar refractivity (Wildman–Crippen MR) is 113 cm³/mol. The zero-order valence-electron chi connectivity index (χ0n) is 16.7. The fraction of sp³-hybridized carbons (Fsp3) is 0.400. The molecule has 1 atom stereocenters. The molecule has 0 saturated heterocycles. The van der Waals surface area contributed by atoms with E-state index in [9.17, 15) is 9.59 Å². The number of nitrogens with one attached hydrogen (secondary N) is 2. The average molecular weight is 417 g/mol. The minimum atomic E-state index is -0.606. The largest absolute Gasteiger partial charge is 0.368 e. The SMILES string of the molecule is CC(C)[C@H](Nc1nc(Nc2ccc3c(c2)CC(=O)N(C)CC3)ncc1Cl)C(N)=O. The maximum absolute atomic E-state index is 12.2. The van der Waals surface area contributed by atoms with Crippen LogP contribution in [0.5, 0.6) is 0 Å². The Morgan fingerprint density at radius 2 is 2.07 bits per heavy atom. The van der Waals surface area contributed by atoms with E-state index in [0.717, 1.165) is 23.2 Å². The molecule has 4 N–H and O–H groups in total. The molecule has 0 aliphatic carbocycles. The molecule has 0 spiro atoms. The number of aromatic nitrogens is 2. The van der Waals surface area contributed by atoms with Gasteiger partial charge in [0, 0.05) is 19.3 Å². The van der Waals surface area contributed by atoms with E-state index in [1.807, 2.05) is 39.1 Å². The molecule has 9 heteroatoms. The summed E-state index contributed by atoms with van der Waals surface area (Å²) < 4.78 is 0. The minimum Gasteiger partial charge on any atom is -0.368 e. The molecule has 0 saturated carbocycles. The summed E-state index contributed by atoms with van der Waals surface area (Å²) in [6.45, 7) is 4.47. The van der Waals surface area contributed by atoms with E-state index in [2.05, 4.69) is 20.6 Å². The van der Waals surface area contributed by atoms with Gasteiger partial charge in [-0.05, 0) is 35.6 Å². The van der Waals surface area contributed by atoms with Gasteiger partial charge in [-0.25, -0.2) is 4.98 Å². The Balaban J connectivity index is 1.82. The van der Waals surface area contributed by atoms with E-state index in [-0.39, 0.29) is 16.8 Å². The highest BCUT2D eigenvalue weighted by molar-refractivity contribution is 6.32. The maximum atomic E-state index is 12.2. The van der Waals surface area contributed by atoms with Crippen LogP contribution in [0.15, 0.2) is 24.4 Å². The number of primary amides is 1. The number of carbonyl (C=O) groups excluding carboxylic acids is 2. The number of likely N-dealkylation sites (N-methyl/N-ethyl adjacent to an activating group) is 1.